The van der Waals surface area contributed by atoms with Crippen LogP contribution < -0.4 is 15.8 Å². The van der Waals surface area contributed by atoms with Gasteiger partial charge in [0.05, 0.1) is 43.2 Å². The summed E-state index contributed by atoms with van der Waals surface area (Å²) in [6, 6.07) is 20.4. The summed E-state index contributed by atoms with van der Waals surface area (Å²) in [7, 11) is -4.37. The summed E-state index contributed by atoms with van der Waals surface area (Å²) in [5.74, 6) is -1.52. The number of benzene rings is 4. The number of rotatable bonds is 9. The Bertz CT molecular complexity index is 2620. The third kappa shape index (κ3) is 9.31. The number of nitro benzene ring substituents is 2. The zero-order valence-corrected chi connectivity index (χ0v) is 30.2. The quantitative estimate of drug-likeness (QED) is 0.0634. The zero-order valence-electron chi connectivity index (χ0n) is 28.1. The maximum atomic E-state index is 12.6. The Morgan fingerprint density at radius 3 is 1.91 bits per heavy atom. The summed E-state index contributed by atoms with van der Waals surface area (Å²) in [5.41, 5.74) is 0.462. The number of azo groups is 2. The fourth-order valence-electron chi connectivity index (χ4n) is 4.59. The van der Waals surface area contributed by atoms with Crippen LogP contribution in [0.4, 0.5) is 34.1 Å². The van der Waals surface area contributed by atoms with Crippen molar-refractivity contribution in [2.45, 2.75) is 18.7 Å². The molecule has 55 heavy (non-hydrogen) atoms. The molecule has 6 aromatic rings. The van der Waals surface area contributed by atoms with Crippen LogP contribution in [-0.2, 0) is 27.5 Å². The van der Waals surface area contributed by atoms with E-state index in [2.05, 4.69) is 30.7 Å². The third-order valence-electron chi connectivity index (χ3n) is 7.28. The Labute approximate surface area is 319 Å². The van der Waals surface area contributed by atoms with E-state index in [0.29, 0.717) is 11.4 Å². The number of para-hydroxylation sites is 1. The fraction of sp³-hybridized carbons (Fsp3) is 0.0625. The maximum absolute atomic E-state index is 12.6. The molecular formula is C32H25CrN10O11S+2. The number of nitrogens with one attached hydrogen (secondary N) is 1. The third-order valence-corrected chi connectivity index (χ3v) is 8.15. The van der Waals surface area contributed by atoms with E-state index >= 15 is 0 Å². The largest absolute Gasteiger partial charge is 3.00 e. The predicted molar refractivity (Wildman–Crippen MR) is 186 cm³/mol. The number of nitro groups is 2. The van der Waals surface area contributed by atoms with Crippen LogP contribution in [-0.4, -0.2) is 47.5 Å². The van der Waals surface area contributed by atoms with E-state index in [1.165, 1.54) is 35.9 Å². The summed E-state index contributed by atoms with van der Waals surface area (Å²) >= 11 is 0. The molecule has 21 nitrogen and oxygen atoms in total. The molecule has 0 bridgehead atoms. The minimum atomic E-state index is -4.37. The second-order valence-corrected chi connectivity index (χ2v) is 12.4. The van der Waals surface area contributed by atoms with Crippen molar-refractivity contribution in [3.63, 3.8) is 0 Å². The maximum Gasteiger partial charge on any atom is 3.00 e. The van der Waals surface area contributed by atoms with Crippen LogP contribution in [0.1, 0.15) is 11.4 Å². The van der Waals surface area contributed by atoms with Gasteiger partial charge in [-0.3, -0.25) is 34.7 Å². The van der Waals surface area contributed by atoms with Gasteiger partial charge < -0.3 is 15.3 Å². The number of aryl methyl sites for hydroxylation is 2. The molecule has 0 saturated heterocycles. The van der Waals surface area contributed by atoms with Gasteiger partial charge >= 0.3 is 17.4 Å². The molecule has 0 spiro atoms. The predicted octanol–water partition coefficient (Wildman–Crippen LogP) is 5.13. The molecule has 0 aliphatic heterocycles. The smallest absolute Gasteiger partial charge is 0.871 e. The van der Waals surface area contributed by atoms with Gasteiger partial charge in [-0.1, -0.05) is 23.9 Å². The van der Waals surface area contributed by atoms with E-state index < -0.39 is 37.2 Å². The van der Waals surface area contributed by atoms with Gasteiger partial charge in [0.2, 0.25) is 0 Å². The summed E-state index contributed by atoms with van der Waals surface area (Å²) in [5, 5.41) is 75.7. The number of aromatic nitrogens is 4. The summed E-state index contributed by atoms with van der Waals surface area (Å²) in [6.07, 6.45) is 0. The standard InChI is InChI=1S/C16H13N5O7S.C16H13N5O4.Cr/c1-9-15(18-17-13-7-4-11(21(24)25)8-14(13)22)16(23)20(19-9)10-2-5-12(6-3-10)29(26,27)28;1-10-15(16(23)20(19-10)11-5-3-2-4-6-11)18-17-13-8-7-12(21(24)25)9-14(13)22;/h2-8,22-23H,1H3,(H,26,27,28);2-9,19,22H,1H3;/q;;+3/p-1. The Balaban J connectivity index is 0.000000243. The molecule has 0 unspecified atom stereocenters. The van der Waals surface area contributed by atoms with Crippen LogP contribution in [0.2, 0.25) is 0 Å². The van der Waals surface area contributed by atoms with E-state index in [4.69, 9.17) is 9.66 Å². The Kier molecular flexibility index (Phi) is 12.4. The van der Waals surface area contributed by atoms with Crippen LogP contribution in [0.5, 0.6) is 17.4 Å². The van der Waals surface area contributed by atoms with E-state index in [-0.39, 0.29) is 73.5 Å². The number of non-ortho nitro benzene ring substituents is 2. The first-order valence-corrected chi connectivity index (χ1v) is 16.5. The van der Waals surface area contributed by atoms with E-state index in [9.17, 15) is 43.7 Å². The van der Waals surface area contributed by atoms with E-state index in [1.54, 1.807) is 31.2 Å². The second kappa shape index (κ2) is 16.7. The average molecular weight is 810 g/mol. The molecule has 0 saturated carbocycles. The molecule has 0 aliphatic carbocycles. The monoisotopic (exact) mass is 809 g/mol. The van der Waals surface area contributed by atoms with Crippen LogP contribution in [0, 0.1) is 34.1 Å². The fourth-order valence-corrected chi connectivity index (χ4v) is 5.07. The summed E-state index contributed by atoms with van der Waals surface area (Å²) in [6.45, 7) is 3.17. The molecule has 23 heteroatoms. The molecule has 1 radical (unpaired) electrons. The first kappa shape index (κ1) is 40.7. The Morgan fingerprint density at radius 1 is 0.782 bits per heavy atom. The topological polar surface area (TPSA) is 315 Å². The second-order valence-electron chi connectivity index (χ2n) is 10.9. The SMILES string of the molecule is Cc1[nH]n(-c2ccccc2)c(=O)c1N=Nc1ccc([N+](=O)[O-])cc1[O-].Cc1nn(-c2ccc(S(=O)(=O)O)cc2)c([O-])c1N=Nc1ccc([N+](=O)[O-])cc1[OH2+].[Cr+3]. The first-order valence-electron chi connectivity index (χ1n) is 15.1. The minimum Gasteiger partial charge on any atom is -0.871 e. The van der Waals surface area contributed by atoms with Gasteiger partial charge in [-0.05, 0) is 62.4 Å². The number of hydrogen-bond acceptors (Lipinski definition) is 14. The van der Waals surface area contributed by atoms with Crippen molar-refractivity contribution < 1.29 is 55.5 Å². The number of aromatic amines is 1. The van der Waals surface area contributed by atoms with E-state index in [0.717, 1.165) is 41.1 Å². The summed E-state index contributed by atoms with van der Waals surface area (Å²) < 4.78 is 33.5. The molecule has 0 amide bonds. The molecule has 4 aromatic carbocycles. The summed E-state index contributed by atoms with van der Waals surface area (Å²) in [4.78, 5) is 32.2. The molecule has 2 aromatic heterocycles. The molecule has 0 atom stereocenters. The number of nitrogens with zero attached hydrogens (tertiary/aromatic N) is 9. The van der Waals surface area contributed by atoms with Gasteiger partial charge in [0.15, 0.2) is 11.4 Å². The van der Waals surface area contributed by atoms with Gasteiger partial charge in [0, 0.05) is 24.1 Å². The van der Waals surface area contributed by atoms with Crippen LogP contribution in [0.15, 0.2) is 121 Å². The van der Waals surface area contributed by atoms with Crippen LogP contribution >= 0.6 is 0 Å². The molecule has 0 aliphatic rings. The molecular weight excluding hydrogens is 784 g/mol. The van der Waals surface area contributed by atoms with Gasteiger partial charge in [-0.25, -0.2) is 9.36 Å². The Morgan fingerprint density at radius 2 is 1.35 bits per heavy atom. The molecule has 0 fully saturated rings. The zero-order chi connectivity index (χ0) is 39.3. The molecule has 4 N–H and O–H groups in total. The van der Waals surface area contributed by atoms with Gasteiger partial charge in [0.25, 0.3) is 32.8 Å². The number of hydrogen-bond donors (Lipinski definition) is 2. The average Bonchev–Trinajstić information content (AvgIpc) is 3.59. The van der Waals surface area contributed by atoms with Crippen molar-refractivity contribution in [1.82, 2.24) is 19.6 Å². The van der Waals surface area contributed by atoms with Crippen molar-refractivity contribution in [3.8, 4) is 28.8 Å². The van der Waals surface area contributed by atoms with Gasteiger partial charge in [-0.2, -0.15) is 18.6 Å². The normalized spacial score (nSPS) is 11.3. The van der Waals surface area contributed by atoms with Crippen molar-refractivity contribution in [3.05, 3.63) is 133 Å². The first-order chi connectivity index (χ1) is 25.5. The van der Waals surface area contributed by atoms with Crippen LogP contribution in [0.25, 0.3) is 11.4 Å². The number of H-pyrrole nitrogens is 1. The van der Waals surface area contributed by atoms with Crippen LogP contribution in [0.3, 0.4) is 0 Å². The van der Waals surface area contributed by atoms with Gasteiger partial charge in [0.1, 0.15) is 11.8 Å². The Hall–Kier alpha value is -7.06. The molecule has 6 rings (SSSR count). The molecule has 2 heterocycles. The van der Waals surface area contributed by atoms with Crippen molar-refractivity contribution in [1.29, 1.82) is 0 Å². The van der Waals surface area contributed by atoms with Crippen molar-refractivity contribution >= 4 is 44.2 Å². The minimum absolute atomic E-state index is 0. The van der Waals surface area contributed by atoms with Crippen molar-refractivity contribution in [2.24, 2.45) is 20.5 Å². The van der Waals surface area contributed by atoms with Gasteiger partial charge in [-0.15, -0.1) is 15.3 Å². The van der Waals surface area contributed by atoms with Crippen molar-refractivity contribution in [2.75, 3.05) is 0 Å². The van der Waals surface area contributed by atoms with E-state index in [1.807, 2.05) is 6.07 Å². The molecule has 279 valence electrons.